The van der Waals surface area contributed by atoms with Crippen LogP contribution in [0.1, 0.15) is 30.1 Å². The van der Waals surface area contributed by atoms with Crippen LogP contribution in [0.2, 0.25) is 0 Å². The molecule has 20 heavy (non-hydrogen) atoms. The van der Waals surface area contributed by atoms with E-state index < -0.39 is 5.82 Å². The second-order valence-corrected chi connectivity index (χ2v) is 6.16. The first-order valence-electron chi connectivity index (χ1n) is 6.64. The van der Waals surface area contributed by atoms with Crippen molar-refractivity contribution >= 4 is 27.5 Å². The van der Waals surface area contributed by atoms with E-state index in [1.165, 1.54) is 25.0 Å². The van der Waals surface area contributed by atoms with Gasteiger partial charge in [0.1, 0.15) is 5.82 Å². The molecule has 0 aromatic heterocycles. The lowest BCUT2D eigenvalue weighted by atomic mass is 10.1. The molecule has 1 saturated carbocycles. The Hall–Kier alpha value is -1.14. The topological polar surface area (TPSA) is 58.4 Å². The van der Waals surface area contributed by atoms with Crippen LogP contribution in [0.4, 0.5) is 10.1 Å². The number of amides is 1. The van der Waals surface area contributed by atoms with Gasteiger partial charge in [-0.2, -0.15) is 0 Å². The number of nitrogens with two attached hydrogens (primary N) is 1. The van der Waals surface area contributed by atoms with Crippen LogP contribution in [-0.4, -0.2) is 36.5 Å². The van der Waals surface area contributed by atoms with Gasteiger partial charge in [-0.1, -0.05) is 0 Å². The van der Waals surface area contributed by atoms with E-state index in [1.807, 2.05) is 0 Å². The molecular formula is C14H19BrFN3O. The Labute approximate surface area is 126 Å². The van der Waals surface area contributed by atoms with Crippen molar-refractivity contribution in [3.63, 3.8) is 0 Å². The van der Waals surface area contributed by atoms with Gasteiger partial charge in [-0.25, -0.2) is 4.39 Å². The molecular weight excluding hydrogens is 325 g/mol. The van der Waals surface area contributed by atoms with E-state index >= 15 is 0 Å². The van der Waals surface area contributed by atoms with Crippen molar-refractivity contribution in [3.8, 4) is 0 Å². The molecule has 1 unspecified atom stereocenters. The molecule has 1 aliphatic carbocycles. The van der Waals surface area contributed by atoms with E-state index in [9.17, 15) is 9.18 Å². The Morgan fingerprint density at radius 3 is 2.85 bits per heavy atom. The molecule has 110 valence electrons. The number of carbonyl (C=O) groups is 1. The summed E-state index contributed by atoms with van der Waals surface area (Å²) in [5.41, 5.74) is 5.82. The number of hydrogen-bond donors (Lipinski definition) is 2. The molecule has 0 bridgehead atoms. The zero-order chi connectivity index (χ0) is 14.9. The summed E-state index contributed by atoms with van der Waals surface area (Å²) in [4.78, 5) is 14.4. The minimum absolute atomic E-state index is 0.0264. The summed E-state index contributed by atoms with van der Waals surface area (Å²) in [6.45, 7) is 2.63. The molecule has 1 amide bonds. The number of nitrogens with one attached hydrogen (secondary N) is 1. The van der Waals surface area contributed by atoms with Crippen LogP contribution in [0, 0.1) is 5.82 Å². The molecule has 4 nitrogen and oxygen atoms in total. The molecule has 0 saturated heterocycles. The number of rotatable bonds is 5. The smallest absolute Gasteiger partial charge is 0.252 e. The molecule has 6 heteroatoms. The van der Waals surface area contributed by atoms with Gasteiger partial charge < -0.3 is 11.1 Å². The van der Waals surface area contributed by atoms with Gasteiger partial charge in [-0.3, -0.25) is 9.69 Å². The largest absolute Gasteiger partial charge is 0.396 e. The first-order chi connectivity index (χ1) is 9.40. The van der Waals surface area contributed by atoms with E-state index in [4.69, 9.17) is 5.73 Å². The maximum Gasteiger partial charge on any atom is 0.252 e. The van der Waals surface area contributed by atoms with Gasteiger partial charge in [0, 0.05) is 23.1 Å². The summed E-state index contributed by atoms with van der Waals surface area (Å²) < 4.78 is 13.7. The van der Waals surface area contributed by atoms with Crippen molar-refractivity contribution in [1.29, 1.82) is 0 Å². The zero-order valence-corrected chi connectivity index (χ0v) is 13.2. The number of likely N-dealkylation sites (N-methyl/N-ethyl adjacent to an activating group) is 1. The van der Waals surface area contributed by atoms with E-state index in [2.05, 4.69) is 40.1 Å². The maximum absolute atomic E-state index is 13.2. The van der Waals surface area contributed by atoms with Crippen molar-refractivity contribution in [3.05, 3.63) is 28.0 Å². The SMILES string of the molecule is CC(CNC(=O)c1cc(N)c(F)cc1Br)N(C)C1CC1. The van der Waals surface area contributed by atoms with Gasteiger partial charge in [0.05, 0.1) is 11.3 Å². The summed E-state index contributed by atoms with van der Waals surface area (Å²) in [7, 11) is 2.07. The normalized spacial score (nSPS) is 16.2. The molecule has 1 atom stereocenters. The average molecular weight is 344 g/mol. The van der Waals surface area contributed by atoms with Crippen molar-refractivity contribution in [2.75, 3.05) is 19.3 Å². The van der Waals surface area contributed by atoms with E-state index in [1.54, 1.807) is 0 Å². The third-order valence-electron chi connectivity index (χ3n) is 3.71. The monoisotopic (exact) mass is 343 g/mol. The van der Waals surface area contributed by atoms with Crippen LogP contribution in [0.25, 0.3) is 0 Å². The molecule has 0 radical (unpaired) electrons. The third kappa shape index (κ3) is 3.49. The number of hydrogen-bond acceptors (Lipinski definition) is 3. The minimum Gasteiger partial charge on any atom is -0.396 e. The number of nitrogens with zero attached hydrogens (tertiary/aromatic N) is 1. The van der Waals surface area contributed by atoms with Crippen LogP contribution < -0.4 is 11.1 Å². The highest BCUT2D eigenvalue weighted by Crippen LogP contribution is 2.27. The molecule has 1 aromatic carbocycles. The van der Waals surface area contributed by atoms with Crippen molar-refractivity contribution in [2.24, 2.45) is 0 Å². The molecule has 1 aliphatic rings. The van der Waals surface area contributed by atoms with Gasteiger partial charge in [-0.05, 0) is 54.9 Å². The molecule has 3 N–H and O–H groups in total. The number of benzene rings is 1. The van der Waals surface area contributed by atoms with E-state index in [0.29, 0.717) is 22.6 Å². The molecule has 1 aromatic rings. The van der Waals surface area contributed by atoms with Gasteiger partial charge in [0.25, 0.3) is 5.91 Å². The number of carbonyl (C=O) groups excluding carboxylic acids is 1. The first-order valence-corrected chi connectivity index (χ1v) is 7.44. The van der Waals surface area contributed by atoms with Crippen molar-refractivity contribution in [2.45, 2.75) is 31.8 Å². The summed E-state index contributed by atoms with van der Waals surface area (Å²) in [5, 5.41) is 2.86. The molecule has 2 rings (SSSR count). The highest BCUT2D eigenvalue weighted by Gasteiger charge is 2.29. The Kier molecular flexibility index (Phi) is 4.65. The van der Waals surface area contributed by atoms with E-state index in [0.717, 1.165) is 0 Å². The molecule has 0 heterocycles. The predicted octanol–water partition coefficient (Wildman–Crippen LogP) is 2.38. The third-order valence-corrected chi connectivity index (χ3v) is 4.36. The molecule has 0 aliphatic heterocycles. The summed E-state index contributed by atoms with van der Waals surface area (Å²) in [6.07, 6.45) is 2.46. The van der Waals surface area contributed by atoms with Crippen LogP contribution in [0.3, 0.4) is 0 Å². The fraction of sp³-hybridized carbons (Fsp3) is 0.500. The minimum atomic E-state index is -0.532. The quantitative estimate of drug-likeness (QED) is 0.807. The summed E-state index contributed by atoms with van der Waals surface area (Å²) >= 11 is 3.18. The summed E-state index contributed by atoms with van der Waals surface area (Å²) in [5.74, 6) is -0.783. The summed E-state index contributed by atoms with van der Waals surface area (Å²) in [6, 6.07) is 3.48. The molecule has 1 fully saturated rings. The van der Waals surface area contributed by atoms with Crippen LogP contribution in [-0.2, 0) is 0 Å². The van der Waals surface area contributed by atoms with Crippen LogP contribution >= 0.6 is 15.9 Å². The Morgan fingerprint density at radius 1 is 1.60 bits per heavy atom. The number of nitrogen functional groups attached to an aromatic ring is 1. The highest BCUT2D eigenvalue weighted by molar-refractivity contribution is 9.10. The second-order valence-electron chi connectivity index (χ2n) is 5.31. The fourth-order valence-corrected chi connectivity index (χ4v) is 2.56. The molecule has 0 spiro atoms. The number of halogens is 2. The lowest BCUT2D eigenvalue weighted by Gasteiger charge is -2.24. The predicted molar refractivity (Wildman–Crippen MR) is 81.1 cm³/mol. The highest BCUT2D eigenvalue weighted by atomic mass is 79.9. The standard InChI is InChI=1S/C14H19BrFN3O/c1-8(19(2)9-3-4-9)7-18-14(20)10-5-13(17)12(16)6-11(10)15/h5-6,8-9H,3-4,7,17H2,1-2H3,(H,18,20). The Morgan fingerprint density at radius 2 is 2.25 bits per heavy atom. The Balaban J connectivity index is 1.96. The second kappa shape index (κ2) is 6.10. The lowest BCUT2D eigenvalue weighted by Crippen LogP contribution is -2.41. The van der Waals surface area contributed by atoms with Gasteiger partial charge in [-0.15, -0.1) is 0 Å². The first kappa shape index (κ1) is 15.3. The van der Waals surface area contributed by atoms with Gasteiger partial charge >= 0.3 is 0 Å². The maximum atomic E-state index is 13.2. The van der Waals surface area contributed by atoms with Gasteiger partial charge in [0.2, 0.25) is 0 Å². The van der Waals surface area contributed by atoms with Crippen molar-refractivity contribution < 1.29 is 9.18 Å². The van der Waals surface area contributed by atoms with Gasteiger partial charge in [0.15, 0.2) is 0 Å². The fourth-order valence-electron chi connectivity index (χ4n) is 2.06. The average Bonchev–Trinajstić information content (AvgIpc) is 3.23. The Bertz CT molecular complexity index is 519. The zero-order valence-electron chi connectivity index (χ0n) is 11.6. The lowest BCUT2D eigenvalue weighted by molar-refractivity contribution is 0.0938. The van der Waals surface area contributed by atoms with E-state index in [-0.39, 0.29) is 17.6 Å². The number of anilines is 1. The van der Waals surface area contributed by atoms with Crippen LogP contribution in [0.15, 0.2) is 16.6 Å². The van der Waals surface area contributed by atoms with Crippen molar-refractivity contribution in [1.82, 2.24) is 10.2 Å². The van der Waals surface area contributed by atoms with Crippen LogP contribution in [0.5, 0.6) is 0 Å².